The molecule has 0 aliphatic heterocycles. The van der Waals surface area contributed by atoms with Crippen LogP contribution in [0, 0.1) is 0 Å². The van der Waals surface area contributed by atoms with Crippen molar-refractivity contribution in [3.8, 4) is 0 Å². The highest BCUT2D eigenvalue weighted by molar-refractivity contribution is 5.93. The predicted molar refractivity (Wildman–Crippen MR) is 47.3 cm³/mol. The van der Waals surface area contributed by atoms with Crippen LogP contribution < -0.4 is 0 Å². The summed E-state index contributed by atoms with van der Waals surface area (Å²) in [5, 5.41) is 0. The fourth-order valence-corrected chi connectivity index (χ4v) is 0.479. The number of aliphatic imine (C=N–C) groups is 1. The van der Waals surface area contributed by atoms with Crippen LogP contribution in [-0.4, -0.2) is 5.71 Å². The van der Waals surface area contributed by atoms with Gasteiger partial charge in [-0.25, -0.2) is 4.39 Å². The van der Waals surface area contributed by atoms with E-state index in [1.807, 2.05) is 0 Å². The maximum Gasteiger partial charge on any atom is 0.143 e. The Kier molecular flexibility index (Phi) is 4.11. The molecule has 0 rings (SSSR count). The molecule has 0 spiro atoms. The molecular formula is C9H12FN. The number of rotatable bonds is 3. The number of hydrogen-bond donors (Lipinski definition) is 0. The van der Waals surface area contributed by atoms with Gasteiger partial charge in [0.2, 0.25) is 0 Å². The Hall–Kier alpha value is -1.18. The molecule has 0 aromatic rings. The molecule has 0 amide bonds. The minimum atomic E-state index is -0.397. The molecule has 2 heteroatoms. The molecular weight excluding hydrogens is 141 g/mol. The van der Waals surface area contributed by atoms with Crippen molar-refractivity contribution in [2.75, 3.05) is 0 Å². The quantitative estimate of drug-likeness (QED) is 0.436. The first-order valence-corrected chi connectivity index (χ1v) is 3.30. The Balaban J connectivity index is 4.41. The molecule has 0 aliphatic rings. The van der Waals surface area contributed by atoms with E-state index in [9.17, 15) is 4.39 Å². The number of hydrogen-bond acceptors (Lipinski definition) is 1. The second-order valence-corrected chi connectivity index (χ2v) is 2.04. The van der Waals surface area contributed by atoms with Gasteiger partial charge < -0.3 is 0 Å². The zero-order chi connectivity index (χ0) is 8.85. The molecule has 0 N–H and O–H groups in total. The third kappa shape index (κ3) is 3.50. The molecule has 0 unspecified atom stereocenters. The first-order valence-electron chi connectivity index (χ1n) is 3.30. The molecule has 11 heavy (non-hydrogen) atoms. The van der Waals surface area contributed by atoms with Gasteiger partial charge in [-0.1, -0.05) is 13.2 Å². The van der Waals surface area contributed by atoms with Crippen LogP contribution in [0.15, 0.2) is 41.8 Å². The van der Waals surface area contributed by atoms with E-state index in [1.54, 1.807) is 19.9 Å². The fraction of sp³-hybridized carbons (Fsp3) is 0.222. The average Bonchev–Trinajstić information content (AvgIpc) is 2.02. The van der Waals surface area contributed by atoms with Crippen LogP contribution in [0.2, 0.25) is 0 Å². The van der Waals surface area contributed by atoms with Crippen molar-refractivity contribution < 1.29 is 4.39 Å². The predicted octanol–water partition coefficient (Wildman–Crippen LogP) is 3.02. The van der Waals surface area contributed by atoms with Crippen molar-refractivity contribution in [3.05, 3.63) is 36.8 Å². The van der Waals surface area contributed by atoms with Gasteiger partial charge in [0.1, 0.15) is 5.83 Å². The second kappa shape index (κ2) is 4.61. The van der Waals surface area contributed by atoms with E-state index in [1.165, 1.54) is 6.08 Å². The SMILES string of the molecule is C=C/C(C)=N\C(=C)/C(F)=C\C. The first-order chi connectivity index (χ1) is 5.11. The van der Waals surface area contributed by atoms with Crippen LogP contribution in [0.1, 0.15) is 13.8 Å². The summed E-state index contributed by atoms with van der Waals surface area (Å²) in [7, 11) is 0. The van der Waals surface area contributed by atoms with Crippen LogP contribution in [0.25, 0.3) is 0 Å². The fourth-order valence-electron chi connectivity index (χ4n) is 0.479. The molecule has 1 nitrogen and oxygen atoms in total. The summed E-state index contributed by atoms with van der Waals surface area (Å²) in [6.45, 7) is 10.3. The minimum Gasteiger partial charge on any atom is -0.251 e. The molecule has 0 atom stereocenters. The van der Waals surface area contributed by atoms with E-state index in [0.717, 1.165) is 0 Å². The van der Waals surface area contributed by atoms with Gasteiger partial charge in [-0.2, -0.15) is 0 Å². The summed E-state index contributed by atoms with van der Waals surface area (Å²) < 4.78 is 12.6. The maximum atomic E-state index is 12.6. The van der Waals surface area contributed by atoms with Gasteiger partial charge in [-0.3, -0.25) is 4.99 Å². The molecule has 0 heterocycles. The molecule has 60 valence electrons. The standard InChI is InChI=1S/C9H12FN/c1-5-7(3)11-8(4)9(10)6-2/h5-6H,1,4H2,2-3H3/b9-6+,11-7-. The Morgan fingerprint density at radius 1 is 1.55 bits per heavy atom. The zero-order valence-electron chi connectivity index (χ0n) is 6.89. The highest BCUT2D eigenvalue weighted by Gasteiger charge is 1.96. The maximum absolute atomic E-state index is 12.6. The van der Waals surface area contributed by atoms with Crippen LogP contribution in [0.5, 0.6) is 0 Å². The smallest absolute Gasteiger partial charge is 0.143 e. The number of nitrogens with zero attached hydrogens (tertiary/aromatic N) is 1. The second-order valence-electron chi connectivity index (χ2n) is 2.04. The third-order valence-corrected chi connectivity index (χ3v) is 1.14. The summed E-state index contributed by atoms with van der Waals surface area (Å²) in [6, 6.07) is 0. The van der Waals surface area contributed by atoms with E-state index >= 15 is 0 Å². The lowest BCUT2D eigenvalue weighted by Crippen LogP contribution is -1.85. The molecule has 0 aromatic carbocycles. The molecule has 0 saturated heterocycles. The van der Waals surface area contributed by atoms with Gasteiger partial charge in [0.25, 0.3) is 0 Å². The summed E-state index contributed by atoms with van der Waals surface area (Å²) >= 11 is 0. The molecule has 0 radical (unpaired) electrons. The summed E-state index contributed by atoms with van der Waals surface area (Å²) in [5.74, 6) is -0.397. The Morgan fingerprint density at radius 2 is 2.09 bits per heavy atom. The van der Waals surface area contributed by atoms with Gasteiger partial charge in [0.05, 0.1) is 5.70 Å². The van der Waals surface area contributed by atoms with Crippen molar-refractivity contribution in [2.24, 2.45) is 4.99 Å². The van der Waals surface area contributed by atoms with Crippen molar-refractivity contribution >= 4 is 5.71 Å². The van der Waals surface area contributed by atoms with Crippen LogP contribution in [-0.2, 0) is 0 Å². The van der Waals surface area contributed by atoms with E-state index in [-0.39, 0.29) is 5.70 Å². The Bertz CT molecular complexity index is 224. The van der Waals surface area contributed by atoms with Crippen molar-refractivity contribution in [1.29, 1.82) is 0 Å². The molecule has 0 fully saturated rings. The van der Waals surface area contributed by atoms with E-state index < -0.39 is 5.83 Å². The zero-order valence-corrected chi connectivity index (χ0v) is 6.89. The van der Waals surface area contributed by atoms with Gasteiger partial charge in [0.15, 0.2) is 0 Å². The van der Waals surface area contributed by atoms with Gasteiger partial charge in [-0.15, -0.1) is 0 Å². The Labute approximate surface area is 66.7 Å². The van der Waals surface area contributed by atoms with Gasteiger partial charge in [-0.05, 0) is 26.0 Å². The van der Waals surface area contributed by atoms with Gasteiger partial charge in [0, 0.05) is 5.71 Å². The molecule has 0 aromatic heterocycles. The van der Waals surface area contributed by atoms with Crippen molar-refractivity contribution in [2.45, 2.75) is 13.8 Å². The normalized spacial score (nSPS) is 13.0. The van der Waals surface area contributed by atoms with Crippen molar-refractivity contribution in [1.82, 2.24) is 0 Å². The lowest BCUT2D eigenvalue weighted by Gasteiger charge is -1.95. The monoisotopic (exact) mass is 153 g/mol. The Morgan fingerprint density at radius 3 is 2.45 bits per heavy atom. The van der Waals surface area contributed by atoms with E-state index in [2.05, 4.69) is 18.2 Å². The molecule has 0 bridgehead atoms. The number of halogens is 1. The summed E-state index contributed by atoms with van der Waals surface area (Å²) in [6.07, 6.45) is 2.87. The van der Waals surface area contributed by atoms with Crippen LogP contribution >= 0.6 is 0 Å². The third-order valence-electron chi connectivity index (χ3n) is 1.14. The summed E-state index contributed by atoms with van der Waals surface area (Å²) in [5.41, 5.74) is 0.803. The van der Waals surface area contributed by atoms with E-state index in [4.69, 9.17) is 0 Å². The minimum absolute atomic E-state index is 0.143. The molecule has 0 aliphatic carbocycles. The first kappa shape index (κ1) is 9.82. The number of allylic oxidation sites excluding steroid dienone is 3. The van der Waals surface area contributed by atoms with Crippen LogP contribution in [0.3, 0.4) is 0 Å². The van der Waals surface area contributed by atoms with Crippen molar-refractivity contribution in [3.63, 3.8) is 0 Å². The largest absolute Gasteiger partial charge is 0.251 e. The highest BCUT2D eigenvalue weighted by atomic mass is 19.1. The van der Waals surface area contributed by atoms with E-state index in [0.29, 0.717) is 5.71 Å². The average molecular weight is 153 g/mol. The lowest BCUT2D eigenvalue weighted by atomic mass is 10.3. The topological polar surface area (TPSA) is 12.4 Å². The molecule has 0 saturated carbocycles. The lowest BCUT2D eigenvalue weighted by molar-refractivity contribution is 0.648. The highest BCUT2D eigenvalue weighted by Crippen LogP contribution is 2.10. The summed E-state index contributed by atoms with van der Waals surface area (Å²) in [4.78, 5) is 3.83. The van der Waals surface area contributed by atoms with Crippen LogP contribution in [0.4, 0.5) is 4.39 Å². The van der Waals surface area contributed by atoms with Gasteiger partial charge >= 0.3 is 0 Å².